The van der Waals surface area contributed by atoms with Crippen molar-refractivity contribution in [2.45, 2.75) is 65.0 Å². The van der Waals surface area contributed by atoms with Crippen LogP contribution in [0.2, 0.25) is 0 Å². The molecule has 0 spiro atoms. The van der Waals surface area contributed by atoms with E-state index in [1.807, 2.05) is 18.5 Å². The van der Waals surface area contributed by atoms with Gasteiger partial charge in [-0.25, -0.2) is 4.99 Å². The number of halogens is 1. The number of aromatic nitrogens is 3. The second-order valence-corrected chi connectivity index (χ2v) is 5.79. The zero-order valence-electron chi connectivity index (χ0n) is 13.9. The van der Waals surface area contributed by atoms with E-state index in [0.29, 0.717) is 12.6 Å². The van der Waals surface area contributed by atoms with Gasteiger partial charge in [0.1, 0.15) is 12.4 Å². The summed E-state index contributed by atoms with van der Waals surface area (Å²) >= 11 is 0. The molecule has 7 heteroatoms. The van der Waals surface area contributed by atoms with Crippen LogP contribution in [0, 0.1) is 6.92 Å². The number of hydrogen-bond donors (Lipinski definition) is 2. The minimum absolute atomic E-state index is 0. The van der Waals surface area contributed by atoms with Crippen LogP contribution < -0.4 is 10.6 Å². The molecule has 0 aromatic carbocycles. The summed E-state index contributed by atoms with van der Waals surface area (Å²) in [6.07, 6.45) is 7.59. The molecule has 22 heavy (non-hydrogen) atoms. The molecule has 1 aliphatic rings. The molecule has 0 unspecified atom stereocenters. The summed E-state index contributed by atoms with van der Waals surface area (Å²) < 4.78 is 1.99. The fourth-order valence-corrected chi connectivity index (χ4v) is 2.57. The summed E-state index contributed by atoms with van der Waals surface area (Å²) in [5, 5.41) is 15.2. The van der Waals surface area contributed by atoms with Gasteiger partial charge in [0.2, 0.25) is 0 Å². The van der Waals surface area contributed by atoms with E-state index in [2.05, 4.69) is 32.7 Å². The quantitative estimate of drug-likeness (QED) is 0.437. The SMILES string of the molecule is CCCNC(=NCc1nnc(C)n1C)NC1CCCCC1.I. The number of hydrogen-bond acceptors (Lipinski definition) is 3. The van der Waals surface area contributed by atoms with Gasteiger partial charge in [-0.3, -0.25) is 0 Å². The Bertz CT molecular complexity index is 465. The van der Waals surface area contributed by atoms with Gasteiger partial charge < -0.3 is 15.2 Å². The largest absolute Gasteiger partial charge is 0.356 e. The van der Waals surface area contributed by atoms with Gasteiger partial charge in [0.15, 0.2) is 11.8 Å². The summed E-state index contributed by atoms with van der Waals surface area (Å²) in [4.78, 5) is 4.67. The molecule has 6 nitrogen and oxygen atoms in total. The van der Waals surface area contributed by atoms with Crippen molar-refractivity contribution in [1.29, 1.82) is 0 Å². The topological polar surface area (TPSA) is 67.1 Å². The summed E-state index contributed by atoms with van der Waals surface area (Å²) in [6.45, 7) is 5.62. The highest BCUT2D eigenvalue weighted by Crippen LogP contribution is 2.17. The maximum atomic E-state index is 4.67. The van der Waals surface area contributed by atoms with Crippen molar-refractivity contribution in [1.82, 2.24) is 25.4 Å². The minimum Gasteiger partial charge on any atom is -0.356 e. The molecule has 126 valence electrons. The Morgan fingerprint density at radius 2 is 2.00 bits per heavy atom. The number of guanidine groups is 1. The van der Waals surface area contributed by atoms with Crippen LogP contribution in [0.5, 0.6) is 0 Å². The zero-order valence-corrected chi connectivity index (χ0v) is 16.3. The van der Waals surface area contributed by atoms with Crippen molar-refractivity contribution in [2.24, 2.45) is 12.0 Å². The summed E-state index contributed by atoms with van der Waals surface area (Å²) in [7, 11) is 1.98. The lowest BCUT2D eigenvalue weighted by molar-refractivity contribution is 0.409. The third kappa shape index (κ3) is 5.73. The van der Waals surface area contributed by atoms with Crippen molar-refractivity contribution in [3.8, 4) is 0 Å². The van der Waals surface area contributed by atoms with Crippen LogP contribution >= 0.6 is 24.0 Å². The first-order chi connectivity index (χ1) is 10.2. The van der Waals surface area contributed by atoms with E-state index in [0.717, 1.165) is 30.6 Å². The van der Waals surface area contributed by atoms with Gasteiger partial charge in [0, 0.05) is 19.6 Å². The molecule has 1 fully saturated rings. The normalized spacial score (nSPS) is 16.2. The van der Waals surface area contributed by atoms with Gasteiger partial charge in [-0.05, 0) is 26.2 Å². The minimum atomic E-state index is 0. The fourth-order valence-electron chi connectivity index (χ4n) is 2.57. The second-order valence-electron chi connectivity index (χ2n) is 5.79. The lowest BCUT2D eigenvalue weighted by Gasteiger charge is -2.25. The van der Waals surface area contributed by atoms with Crippen LogP contribution in [0.1, 0.15) is 57.1 Å². The lowest BCUT2D eigenvalue weighted by atomic mass is 9.96. The standard InChI is InChI=1S/C15H28N6.HI/c1-4-10-16-15(18-13-8-6-5-7-9-13)17-11-14-20-19-12(2)21(14)3;/h13H,4-11H2,1-3H3,(H2,16,17,18);1H. The van der Waals surface area contributed by atoms with Crippen molar-refractivity contribution < 1.29 is 0 Å². The molecule has 2 rings (SSSR count). The van der Waals surface area contributed by atoms with Crippen LogP contribution in [0.15, 0.2) is 4.99 Å². The van der Waals surface area contributed by atoms with Crippen molar-refractivity contribution in [2.75, 3.05) is 6.54 Å². The molecular weight excluding hydrogens is 391 g/mol. The van der Waals surface area contributed by atoms with Gasteiger partial charge >= 0.3 is 0 Å². The number of aliphatic imine (C=N–C) groups is 1. The first kappa shape index (κ1) is 19.2. The maximum absolute atomic E-state index is 4.67. The van der Waals surface area contributed by atoms with E-state index in [-0.39, 0.29) is 24.0 Å². The fraction of sp³-hybridized carbons (Fsp3) is 0.800. The molecule has 1 heterocycles. The highest BCUT2D eigenvalue weighted by Gasteiger charge is 2.14. The molecule has 0 aliphatic heterocycles. The van der Waals surface area contributed by atoms with E-state index < -0.39 is 0 Å². The molecule has 1 aromatic rings. The molecule has 2 N–H and O–H groups in total. The summed E-state index contributed by atoms with van der Waals surface area (Å²) in [5.41, 5.74) is 0. The third-order valence-corrected chi connectivity index (χ3v) is 4.05. The van der Waals surface area contributed by atoms with Crippen molar-refractivity contribution in [3.05, 3.63) is 11.6 Å². The van der Waals surface area contributed by atoms with Crippen LogP contribution in [-0.2, 0) is 13.6 Å². The first-order valence-corrected chi connectivity index (χ1v) is 8.10. The summed E-state index contributed by atoms with van der Waals surface area (Å²) in [5.74, 6) is 2.72. The number of nitrogens with one attached hydrogen (secondary N) is 2. The summed E-state index contributed by atoms with van der Waals surface area (Å²) in [6, 6.07) is 0.558. The average molecular weight is 420 g/mol. The van der Waals surface area contributed by atoms with Gasteiger partial charge in [-0.2, -0.15) is 0 Å². The number of rotatable bonds is 5. The maximum Gasteiger partial charge on any atom is 0.191 e. The highest BCUT2D eigenvalue weighted by atomic mass is 127. The Kier molecular flexibility index (Phi) is 8.74. The number of aryl methyl sites for hydroxylation is 1. The Morgan fingerprint density at radius 3 is 2.59 bits per heavy atom. The molecule has 1 aliphatic carbocycles. The molecule has 1 saturated carbocycles. The Morgan fingerprint density at radius 1 is 1.27 bits per heavy atom. The van der Waals surface area contributed by atoms with E-state index >= 15 is 0 Å². The zero-order chi connectivity index (χ0) is 15.1. The average Bonchev–Trinajstić information content (AvgIpc) is 2.83. The first-order valence-electron chi connectivity index (χ1n) is 8.10. The highest BCUT2D eigenvalue weighted by molar-refractivity contribution is 14.0. The third-order valence-electron chi connectivity index (χ3n) is 4.05. The van der Waals surface area contributed by atoms with Gasteiger partial charge in [0.05, 0.1) is 0 Å². The lowest BCUT2D eigenvalue weighted by Crippen LogP contribution is -2.44. The monoisotopic (exact) mass is 420 g/mol. The van der Waals surface area contributed by atoms with Crippen LogP contribution in [0.3, 0.4) is 0 Å². The number of nitrogens with zero attached hydrogens (tertiary/aromatic N) is 4. The Hall–Kier alpha value is -0.860. The molecular formula is C15H29IN6. The molecule has 0 bridgehead atoms. The molecule has 0 radical (unpaired) electrons. The molecule has 1 aromatic heterocycles. The predicted octanol–water partition coefficient (Wildman–Crippen LogP) is 2.52. The van der Waals surface area contributed by atoms with Gasteiger partial charge in [-0.1, -0.05) is 26.2 Å². The van der Waals surface area contributed by atoms with Crippen molar-refractivity contribution >= 4 is 29.9 Å². The van der Waals surface area contributed by atoms with Gasteiger partial charge in [0.25, 0.3) is 0 Å². The van der Waals surface area contributed by atoms with Crippen molar-refractivity contribution in [3.63, 3.8) is 0 Å². The molecule has 0 amide bonds. The Labute approximate surface area is 150 Å². The predicted molar refractivity (Wildman–Crippen MR) is 101 cm³/mol. The van der Waals surface area contributed by atoms with E-state index in [1.54, 1.807) is 0 Å². The van der Waals surface area contributed by atoms with E-state index in [1.165, 1.54) is 32.1 Å². The van der Waals surface area contributed by atoms with Gasteiger partial charge in [-0.15, -0.1) is 34.2 Å². The van der Waals surface area contributed by atoms with Crippen LogP contribution in [-0.4, -0.2) is 33.3 Å². The van der Waals surface area contributed by atoms with Crippen LogP contribution in [0.25, 0.3) is 0 Å². The Balaban J connectivity index is 0.00000242. The van der Waals surface area contributed by atoms with Crippen LogP contribution in [0.4, 0.5) is 0 Å². The van der Waals surface area contributed by atoms with E-state index in [9.17, 15) is 0 Å². The smallest absolute Gasteiger partial charge is 0.191 e. The second kappa shape index (κ2) is 10.0. The molecule has 0 atom stereocenters. The van der Waals surface area contributed by atoms with E-state index in [4.69, 9.17) is 0 Å². The molecule has 0 saturated heterocycles.